The van der Waals surface area contributed by atoms with Crippen molar-refractivity contribution in [1.29, 1.82) is 0 Å². The third-order valence-corrected chi connectivity index (χ3v) is 4.93. The molecule has 118 valence electrons. The van der Waals surface area contributed by atoms with Crippen LogP contribution in [0.2, 0.25) is 0 Å². The maximum absolute atomic E-state index is 12.9. The van der Waals surface area contributed by atoms with Crippen LogP contribution in [0.3, 0.4) is 0 Å². The number of aromatic nitrogens is 1. The highest BCUT2D eigenvalue weighted by Gasteiger charge is 2.43. The molecule has 2 aliphatic rings. The molecule has 1 aromatic heterocycles. The van der Waals surface area contributed by atoms with Gasteiger partial charge >= 0.3 is 0 Å². The number of para-hydroxylation sites is 1. The molecule has 3 heterocycles. The second kappa shape index (κ2) is 4.47. The number of aromatic hydroxyl groups is 1. The minimum atomic E-state index is -0.180. The third-order valence-electron chi connectivity index (χ3n) is 4.93. The second-order valence-electron chi connectivity index (χ2n) is 6.34. The van der Waals surface area contributed by atoms with E-state index in [2.05, 4.69) is 4.90 Å². The number of carbonyl (C=O) groups is 1. The fraction of sp³-hybridized carbons (Fsp3) is 0.158. The van der Waals surface area contributed by atoms with Crippen molar-refractivity contribution in [2.75, 3.05) is 11.9 Å². The van der Waals surface area contributed by atoms with Crippen molar-refractivity contribution in [3.63, 3.8) is 0 Å². The Labute approximate surface area is 138 Å². The van der Waals surface area contributed by atoms with Gasteiger partial charge in [0.25, 0.3) is 5.91 Å². The summed E-state index contributed by atoms with van der Waals surface area (Å²) in [4.78, 5) is 21.7. The first-order valence-electron chi connectivity index (χ1n) is 7.89. The fourth-order valence-electron chi connectivity index (χ4n) is 3.81. The summed E-state index contributed by atoms with van der Waals surface area (Å²) in [7, 11) is 2.00. The molecule has 1 atom stereocenters. The number of pyridine rings is 1. The highest BCUT2D eigenvalue weighted by Crippen LogP contribution is 2.43. The number of benzene rings is 2. The molecule has 2 aliphatic heterocycles. The molecule has 0 radical (unpaired) electrons. The molecular formula is C19H15N3O2. The van der Waals surface area contributed by atoms with Crippen molar-refractivity contribution in [1.82, 2.24) is 9.88 Å². The van der Waals surface area contributed by atoms with Gasteiger partial charge in [-0.05, 0) is 42.0 Å². The molecule has 5 heteroatoms. The number of nitrogens with zero attached hydrogens (tertiary/aromatic N) is 3. The molecule has 0 saturated heterocycles. The number of anilines is 1. The van der Waals surface area contributed by atoms with Crippen LogP contribution in [0.5, 0.6) is 5.75 Å². The summed E-state index contributed by atoms with van der Waals surface area (Å²) in [6.45, 7) is 0.538. The first kappa shape index (κ1) is 13.4. The molecule has 0 fully saturated rings. The minimum absolute atomic E-state index is 0.0404. The predicted molar refractivity (Wildman–Crippen MR) is 90.9 cm³/mol. The highest BCUT2D eigenvalue weighted by atomic mass is 16.3. The van der Waals surface area contributed by atoms with E-state index in [1.807, 2.05) is 48.3 Å². The van der Waals surface area contributed by atoms with E-state index >= 15 is 0 Å². The molecule has 1 amide bonds. The molecule has 0 spiro atoms. The lowest BCUT2D eigenvalue weighted by molar-refractivity contribution is 0.0669. The van der Waals surface area contributed by atoms with E-state index in [0.717, 1.165) is 33.4 Å². The Morgan fingerprint density at radius 2 is 2.00 bits per heavy atom. The Balaban J connectivity index is 1.72. The summed E-state index contributed by atoms with van der Waals surface area (Å²) in [5, 5.41) is 10.6. The van der Waals surface area contributed by atoms with Crippen LogP contribution in [-0.4, -0.2) is 27.9 Å². The Morgan fingerprint density at radius 3 is 2.88 bits per heavy atom. The largest absolute Gasteiger partial charge is 0.508 e. The quantitative estimate of drug-likeness (QED) is 0.692. The normalized spacial score (nSPS) is 18.5. The Kier molecular flexibility index (Phi) is 2.49. The number of carbonyl (C=O) groups excluding carboxylic acids is 1. The van der Waals surface area contributed by atoms with Crippen LogP contribution in [-0.2, 0) is 6.54 Å². The molecule has 0 saturated carbocycles. The standard InChI is InChI=1S/C19H15N3O2/c1-21-16-5-3-2-4-14(16)19(24)22-10-12-8-11-9-13(23)6-7-15(11)20-17(12)18(21)22/h2-9,18,23H,10H2,1H3. The Bertz CT molecular complexity index is 1010. The monoisotopic (exact) mass is 317 g/mol. The molecule has 0 bridgehead atoms. The van der Waals surface area contributed by atoms with E-state index < -0.39 is 0 Å². The number of fused-ring (bicyclic) bond motifs is 5. The van der Waals surface area contributed by atoms with E-state index in [1.54, 1.807) is 12.1 Å². The van der Waals surface area contributed by atoms with Crippen LogP contribution in [0.15, 0.2) is 48.5 Å². The van der Waals surface area contributed by atoms with Crippen molar-refractivity contribution in [3.8, 4) is 5.75 Å². The van der Waals surface area contributed by atoms with Crippen molar-refractivity contribution < 1.29 is 9.90 Å². The van der Waals surface area contributed by atoms with Crippen LogP contribution in [0.1, 0.15) is 27.8 Å². The van der Waals surface area contributed by atoms with Gasteiger partial charge < -0.3 is 14.9 Å². The van der Waals surface area contributed by atoms with Gasteiger partial charge in [0, 0.05) is 12.4 Å². The Morgan fingerprint density at radius 1 is 1.17 bits per heavy atom. The van der Waals surface area contributed by atoms with Gasteiger partial charge in [0.05, 0.1) is 29.0 Å². The van der Waals surface area contributed by atoms with Crippen molar-refractivity contribution >= 4 is 22.5 Å². The second-order valence-corrected chi connectivity index (χ2v) is 6.34. The zero-order valence-corrected chi connectivity index (χ0v) is 13.1. The van der Waals surface area contributed by atoms with Gasteiger partial charge in [-0.2, -0.15) is 0 Å². The van der Waals surface area contributed by atoms with E-state index in [1.165, 1.54) is 0 Å². The smallest absolute Gasteiger partial charge is 0.258 e. The summed E-state index contributed by atoms with van der Waals surface area (Å²) in [6.07, 6.45) is -0.180. The molecule has 1 unspecified atom stereocenters. The lowest BCUT2D eigenvalue weighted by Crippen LogP contribution is -2.44. The summed E-state index contributed by atoms with van der Waals surface area (Å²) < 4.78 is 0. The molecule has 5 nitrogen and oxygen atoms in total. The van der Waals surface area contributed by atoms with Crippen molar-refractivity contribution in [2.45, 2.75) is 12.7 Å². The van der Waals surface area contributed by atoms with E-state index in [9.17, 15) is 9.90 Å². The van der Waals surface area contributed by atoms with Crippen LogP contribution in [0.25, 0.3) is 10.9 Å². The number of phenolic OH excluding ortho intramolecular Hbond substituents is 1. The van der Waals surface area contributed by atoms with Gasteiger partial charge in [0.15, 0.2) is 0 Å². The van der Waals surface area contributed by atoms with Gasteiger partial charge in [0.2, 0.25) is 0 Å². The van der Waals surface area contributed by atoms with Gasteiger partial charge in [-0.3, -0.25) is 4.79 Å². The number of phenols is 1. The maximum Gasteiger partial charge on any atom is 0.258 e. The van der Waals surface area contributed by atoms with Gasteiger partial charge in [-0.1, -0.05) is 12.1 Å². The topological polar surface area (TPSA) is 56.7 Å². The molecule has 3 aromatic rings. The lowest BCUT2D eigenvalue weighted by Gasteiger charge is -2.39. The van der Waals surface area contributed by atoms with E-state index in [-0.39, 0.29) is 17.8 Å². The van der Waals surface area contributed by atoms with Gasteiger partial charge in [-0.25, -0.2) is 4.98 Å². The number of hydrogen-bond donors (Lipinski definition) is 1. The first-order valence-corrected chi connectivity index (χ1v) is 7.89. The van der Waals surface area contributed by atoms with Crippen molar-refractivity contribution in [3.05, 3.63) is 65.4 Å². The lowest BCUT2D eigenvalue weighted by atomic mass is 10.1. The molecule has 2 aromatic carbocycles. The maximum atomic E-state index is 12.9. The summed E-state index contributed by atoms with van der Waals surface area (Å²) in [5.41, 5.74) is 4.44. The number of rotatable bonds is 0. The minimum Gasteiger partial charge on any atom is -0.508 e. The molecular weight excluding hydrogens is 302 g/mol. The predicted octanol–water partition coefficient (Wildman–Crippen LogP) is 3.04. The molecule has 1 N–H and O–H groups in total. The molecule has 0 aliphatic carbocycles. The van der Waals surface area contributed by atoms with E-state index in [4.69, 9.17) is 4.98 Å². The van der Waals surface area contributed by atoms with E-state index in [0.29, 0.717) is 6.54 Å². The zero-order valence-electron chi connectivity index (χ0n) is 13.1. The van der Waals surface area contributed by atoms with Crippen LogP contribution in [0.4, 0.5) is 5.69 Å². The highest BCUT2D eigenvalue weighted by molar-refractivity contribution is 6.02. The first-order chi connectivity index (χ1) is 11.6. The summed E-state index contributed by atoms with van der Waals surface area (Å²) in [6, 6.07) is 14.9. The van der Waals surface area contributed by atoms with Gasteiger partial charge in [-0.15, -0.1) is 0 Å². The number of hydrogen-bond acceptors (Lipinski definition) is 4. The van der Waals surface area contributed by atoms with Crippen LogP contribution >= 0.6 is 0 Å². The van der Waals surface area contributed by atoms with Gasteiger partial charge in [0.1, 0.15) is 11.9 Å². The fourth-order valence-corrected chi connectivity index (χ4v) is 3.81. The molecule has 24 heavy (non-hydrogen) atoms. The average molecular weight is 317 g/mol. The molecule has 5 rings (SSSR count). The third kappa shape index (κ3) is 1.64. The average Bonchev–Trinajstić information content (AvgIpc) is 2.96. The number of amides is 1. The summed E-state index contributed by atoms with van der Waals surface area (Å²) in [5.74, 6) is 0.263. The SMILES string of the molecule is CN1c2ccccc2C(=O)N2Cc3cc4cc(O)ccc4nc3C21. The Hall–Kier alpha value is -3.08. The van der Waals surface area contributed by atoms with Crippen LogP contribution in [0, 0.1) is 0 Å². The van der Waals surface area contributed by atoms with Crippen LogP contribution < -0.4 is 4.90 Å². The van der Waals surface area contributed by atoms with Crippen molar-refractivity contribution in [2.24, 2.45) is 0 Å². The zero-order chi connectivity index (χ0) is 16.4. The summed E-state index contributed by atoms with van der Waals surface area (Å²) >= 11 is 0.